The van der Waals surface area contributed by atoms with Gasteiger partial charge < -0.3 is 155 Å². The standard InChI is InChI=1S/C86H131N25O27/c1-42(2)34-56(77(129)106-57(35-45-20-22-47(112)23-21-45)78(130)108-60(38-65(92)115)81(133)110-70(43(3)4)83(135)103-54(25-28-67(117)118)72(124)98-44(5)85(137)138)105-75(127)53(24-27-63(90)113)101-73(125)51(17-9-11-31-88)99-66(116)41-97-82(134)62-19-13-33-111(62)84(136)61(39-69(121)122)109-76(128)55(26-29-68(119)120)102-79(131)58(36-46-40-96-50-16-7-6-14-48(46)50)107-74(126)52(18-12-32-95-86(93)94)100-80(132)59(37-64(91)114)104-71(123)49(89)15-8-10-30-87/h6-7,14,16,20-23,40,42-44,49,51-62,70,96,112H,8-13,15,17-19,24-39,41,87-89H2,1-5H3,(H2,90,113)(H2,91,114)(H2,92,115)(H,97,134)(H,98,124)(H,99,116)(H,100,132)(H,101,125)(H,102,131)(H,103,135)(H,104,123)(H,105,127)(H,106,129)(H,107,126)(H,108,130)(H,109,128)(H,110,133)(H,117,118)(H,119,120)(H,121,122)(H,137,138)(H4,93,94,95)/t44-,49-,51-,52-,53-,54-,55-,56-,57-,58-,59-,60-,61-,62-,70-/m0/s1. The molecule has 0 bridgehead atoms. The van der Waals surface area contributed by atoms with Gasteiger partial charge in [0.05, 0.1) is 31.8 Å². The van der Waals surface area contributed by atoms with Crippen molar-refractivity contribution in [3.8, 4) is 5.75 Å². The van der Waals surface area contributed by atoms with Gasteiger partial charge in [-0.2, -0.15) is 0 Å². The van der Waals surface area contributed by atoms with Crippen molar-refractivity contribution < 1.29 is 131 Å². The van der Waals surface area contributed by atoms with Crippen LogP contribution >= 0.6 is 0 Å². The van der Waals surface area contributed by atoms with E-state index in [2.05, 4.69) is 84.7 Å². The van der Waals surface area contributed by atoms with E-state index in [1.165, 1.54) is 44.3 Å². The van der Waals surface area contributed by atoms with Crippen molar-refractivity contribution >= 4 is 147 Å². The van der Waals surface area contributed by atoms with Crippen LogP contribution in [-0.4, -0.2) is 295 Å². The lowest BCUT2D eigenvalue weighted by molar-refractivity contribution is -0.146. The Morgan fingerprint density at radius 1 is 0.449 bits per heavy atom. The van der Waals surface area contributed by atoms with Gasteiger partial charge >= 0.3 is 23.9 Å². The predicted molar refractivity (Wildman–Crippen MR) is 489 cm³/mol. The molecular weight excluding hydrogens is 1820 g/mol. The van der Waals surface area contributed by atoms with Gasteiger partial charge in [0.1, 0.15) is 90.3 Å². The van der Waals surface area contributed by atoms with Crippen molar-refractivity contribution in [1.82, 2.24) is 89.6 Å². The molecule has 2 heterocycles. The number of aromatic amines is 1. The molecule has 52 nitrogen and oxygen atoms in total. The lowest BCUT2D eigenvalue weighted by Gasteiger charge is -2.30. The number of nitrogens with zero attached hydrogens (tertiary/aromatic N) is 1. The summed E-state index contributed by atoms with van der Waals surface area (Å²) >= 11 is 0. The Labute approximate surface area is 792 Å². The topological polar surface area (TPSA) is 882 Å². The minimum absolute atomic E-state index is 0.0148. The molecule has 1 aliphatic rings. The second-order valence-electron chi connectivity index (χ2n) is 34.0. The summed E-state index contributed by atoms with van der Waals surface area (Å²) in [6.07, 6.45) is -5.56. The Kier molecular flexibility index (Phi) is 49.0. The molecule has 4 rings (SSSR count). The zero-order valence-corrected chi connectivity index (χ0v) is 77.3. The lowest BCUT2D eigenvalue weighted by Crippen LogP contribution is -2.61. The maximum absolute atomic E-state index is 14.9. The Bertz CT molecular complexity index is 4800. The largest absolute Gasteiger partial charge is 0.508 e. The predicted octanol–water partition coefficient (Wildman–Crippen LogP) is -8.06. The van der Waals surface area contributed by atoms with E-state index in [9.17, 15) is 131 Å². The molecule has 762 valence electrons. The number of carbonyl (C=O) groups excluding carboxylic acids is 18. The van der Waals surface area contributed by atoms with Gasteiger partial charge in [-0.1, -0.05) is 64.4 Å². The highest BCUT2D eigenvalue weighted by atomic mass is 16.4. The maximum atomic E-state index is 14.9. The van der Waals surface area contributed by atoms with Crippen LogP contribution in [0.5, 0.6) is 5.75 Å². The van der Waals surface area contributed by atoms with E-state index in [1.54, 1.807) is 38.1 Å². The van der Waals surface area contributed by atoms with Gasteiger partial charge in [0.2, 0.25) is 106 Å². The normalized spacial score (nSPS) is 15.3. The number of aromatic nitrogens is 1. The number of para-hydroxylation sites is 1. The molecule has 15 atom stereocenters. The monoisotopic (exact) mass is 1950 g/mol. The van der Waals surface area contributed by atoms with Crippen LogP contribution in [0.25, 0.3) is 10.9 Å². The summed E-state index contributed by atoms with van der Waals surface area (Å²) in [5.41, 5.74) is 40.7. The molecule has 0 unspecified atom stereocenters. The number of hydrogen-bond acceptors (Lipinski definition) is 27. The van der Waals surface area contributed by atoms with Crippen LogP contribution in [0.2, 0.25) is 0 Å². The number of primary amides is 3. The van der Waals surface area contributed by atoms with Crippen molar-refractivity contribution in [2.75, 3.05) is 32.7 Å². The molecule has 1 aromatic heterocycles. The number of likely N-dealkylation sites (tertiary alicyclic amines) is 1. The third-order valence-corrected chi connectivity index (χ3v) is 21.8. The maximum Gasteiger partial charge on any atom is 0.325 e. The number of carboxylic acids is 4. The number of carboxylic acid groups (broad SMARTS) is 4. The highest BCUT2D eigenvalue weighted by molar-refractivity contribution is 6.03. The third-order valence-electron chi connectivity index (χ3n) is 21.8. The number of guanidine groups is 1. The Hall–Kier alpha value is -14.7. The van der Waals surface area contributed by atoms with E-state index in [1.807, 2.05) is 0 Å². The van der Waals surface area contributed by atoms with Crippen molar-refractivity contribution in [2.24, 2.45) is 52.0 Å². The van der Waals surface area contributed by atoms with E-state index in [0.717, 1.165) is 11.8 Å². The first-order valence-corrected chi connectivity index (χ1v) is 44.8. The number of fused-ring (bicyclic) bond motifs is 1. The van der Waals surface area contributed by atoms with Crippen LogP contribution in [0.3, 0.4) is 0 Å². The number of carbonyl (C=O) groups is 22. The van der Waals surface area contributed by atoms with Crippen molar-refractivity contribution in [1.29, 1.82) is 5.41 Å². The van der Waals surface area contributed by atoms with Gasteiger partial charge in [0.15, 0.2) is 5.96 Å². The Balaban J connectivity index is 1.61. The van der Waals surface area contributed by atoms with E-state index in [-0.39, 0.29) is 88.7 Å². The van der Waals surface area contributed by atoms with Gasteiger partial charge in [-0.25, -0.2) is 0 Å². The number of nitrogens with one attached hydrogen (secondary N) is 17. The zero-order valence-electron chi connectivity index (χ0n) is 77.3. The molecule has 0 aliphatic carbocycles. The fourth-order valence-electron chi connectivity index (χ4n) is 14.5. The van der Waals surface area contributed by atoms with Gasteiger partial charge in [0, 0.05) is 62.3 Å². The summed E-state index contributed by atoms with van der Waals surface area (Å²) in [7, 11) is 0. The zero-order chi connectivity index (χ0) is 103. The molecule has 0 spiro atoms. The second kappa shape index (κ2) is 58.5. The third kappa shape index (κ3) is 41.2. The Morgan fingerprint density at radius 3 is 1.40 bits per heavy atom. The Morgan fingerprint density at radius 2 is 0.891 bits per heavy atom. The van der Waals surface area contributed by atoms with Gasteiger partial charge in [-0.3, -0.25) is 111 Å². The van der Waals surface area contributed by atoms with Gasteiger partial charge in [-0.15, -0.1) is 0 Å². The minimum Gasteiger partial charge on any atom is -0.508 e. The molecule has 2 aromatic carbocycles. The van der Waals surface area contributed by atoms with E-state index < -0.39 is 316 Å². The molecule has 1 aliphatic heterocycles. The first kappa shape index (κ1) is 116. The number of benzene rings is 2. The molecule has 36 N–H and O–H groups in total. The number of hydrogen-bond donors (Lipinski definition) is 29. The molecule has 0 saturated carbocycles. The van der Waals surface area contributed by atoms with Crippen LogP contribution in [0.15, 0.2) is 54.7 Å². The lowest BCUT2D eigenvalue weighted by atomic mass is 9.99. The number of aliphatic carboxylic acids is 4. The first-order chi connectivity index (χ1) is 65.0. The quantitative estimate of drug-likeness (QED) is 0.0142. The number of aromatic hydroxyl groups is 1. The van der Waals surface area contributed by atoms with Crippen molar-refractivity contribution in [3.05, 3.63) is 65.9 Å². The highest BCUT2D eigenvalue weighted by Gasteiger charge is 2.43. The van der Waals surface area contributed by atoms with E-state index in [4.69, 9.17) is 45.5 Å². The number of unbranched alkanes of at least 4 members (excludes halogenated alkanes) is 2. The van der Waals surface area contributed by atoms with Crippen molar-refractivity contribution in [2.45, 2.75) is 267 Å². The van der Waals surface area contributed by atoms with Crippen LogP contribution in [0.1, 0.15) is 174 Å². The summed E-state index contributed by atoms with van der Waals surface area (Å²) in [6, 6.07) is -13.3. The van der Waals surface area contributed by atoms with Crippen LogP contribution in [0, 0.1) is 17.2 Å². The average Bonchev–Trinajstić information content (AvgIpc) is 1.65. The highest BCUT2D eigenvalue weighted by Crippen LogP contribution is 2.23. The minimum atomic E-state index is -2.08. The van der Waals surface area contributed by atoms with E-state index >= 15 is 0 Å². The number of amides is 18. The van der Waals surface area contributed by atoms with Gasteiger partial charge in [0.25, 0.3) is 0 Å². The number of rotatable bonds is 64. The molecular formula is C86H131N25O27. The van der Waals surface area contributed by atoms with Gasteiger partial charge in [-0.05, 0) is 145 Å². The summed E-state index contributed by atoms with van der Waals surface area (Å²) in [6.45, 7) is 6.38. The average molecular weight is 1950 g/mol. The second-order valence-corrected chi connectivity index (χ2v) is 34.0. The number of phenols is 1. The summed E-state index contributed by atoms with van der Waals surface area (Å²) in [4.78, 5) is 303. The molecule has 18 amide bonds. The fourth-order valence-corrected chi connectivity index (χ4v) is 14.5. The number of nitrogens with two attached hydrogens (primary N) is 7. The molecule has 0 radical (unpaired) electrons. The van der Waals surface area contributed by atoms with Crippen molar-refractivity contribution in [3.63, 3.8) is 0 Å². The SMILES string of the molecule is CC(C)C[C@H](NC(=O)[C@H](CCC(N)=O)NC(=O)[C@H](CCCCN)NC(=O)CNC(=O)[C@@H]1CCCN1C(=O)[C@H](CC(=O)O)NC(=O)[C@H](CCC(=O)O)NC(=O)[C@H](Cc1c[nH]c2ccccc12)NC(=O)[C@H](CCCNC(=N)N)NC(=O)[C@H](CC(N)=O)NC(=O)[C@@H](N)CCCCN)C(=O)N[C@@H](Cc1ccc(O)cc1)C(=O)N[C@@H](CC(N)=O)C(=O)N[C@H](C(=O)N[C@@H](CCC(=O)O)C(=O)N[C@@H](C)C(=O)O)C(C)C. The smallest absolute Gasteiger partial charge is 0.325 e. The first-order valence-electron chi connectivity index (χ1n) is 44.8. The van der Waals surface area contributed by atoms with Crippen LogP contribution < -0.4 is 120 Å². The summed E-state index contributed by atoms with van der Waals surface area (Å²) in [5, 5.41) is 93.3. The number of phenolic OH excluding ortho intramolecular Hbond substituents is 1. The molecule has 3 aromatic rings. The number of H-pyrrole nitrogens is 1. The van der Waals surface area contributed by atoms with Crippen LogP contribution in [0.4, 0.5) is 0 Å². The molecule has 52 heteroatoms. The molecule has 1 saturated heterocycles. The molecule has 1 fully saturated rings. The van der Waals surface area contributed by atoms with Crippen LogP contribution in [-0.2, 0) is 118 Å². The van der Waals surface area contributed by atoms with E-state index in [0.29, 0.717) is 35.9 Å². The molecule has 138 heavy (non-hydrogen) atoms. The summed E-state index contributed by atoms with van der Waals surface area (Å²) < 4.78 is 0. The fraction of sp³-hybridized carbons (Fsp3) is 0.570. The summed E-state index contributed by atoms with van der Waals surface area (Å²) in [5.74, 6) is -28.0.